The summed E-state index contributed by atoms with van der Waals surface area (Å²) in [6.07, 6.45) is 5.43. The number of hydrogen-bond donors (Lipinski definition) is 0. The molecule has 0 N–H and O–H groups in total. The molecule has 114 valence electrons. The van der Waals surface area contributed by atoms with Gasteiger partial charge in [0.1, 0.15) is 5.69 Å². The van der Waals surface area contributed by atoms with Gasteiger partial charge in [0.25, 0.3) is 5.91 Å². The Morgan fingerprint density at radius 1 is 1.38 bits per heavy atom. The number of piperidine rings is 1. The van der Waals surface area contributed by atoms with Crippen molar-refractivity contribution in [1.29, 1.82) is 0 Å². The second-order valence-corrected chi connectivity index (χ2v) is 6.23. The van der Waals surface area contributed by atoms with Crippen LogP contribution in [0.4, 0.5) is 0 Å². The summed E-state index contributed by atoms with van der Waals surface area (Å²) in [6, 6.07) is 3.75. The summed E-state index contributed by atoms with van der Waals surface area (Å²) in [5.41, 5.74) is 0.422. The van der Waals surface area contributed by atoms with E-state index in [1.807, 2.05) is 46.7 Å². The van der Waals surface area contributed by atoms with Gasteiger partial charge in [0.15, 0.2) is 0 Å². The van der Waals surface area contributed by atoms with Crippen LogP contribution in [-0.4, -0.2) is 51.4 Å². The summed E-state index contributed by atoms with van der Waals surface area (Å²) in [7, 11) is 1.89. The van der Waals surface area contributed by atoms with Crippen LogP contribution < -0.4 is 0 Å². The third kappa shape index (κ3) is 2.24. The first-order valence-electron chi connectivity index (χ1n) is 7.78. The molecule has 0 bridgehead atoms. The fourth-order valence-corrected chi connectivity index (χ4v) is 3.76. The molecule has 0 saturated carbocycles. The maximum Gasteiger partial charge on any atom is 0.271 e. The Hall–Kier alpha value is -1.78. The zero-order valence-corrected chi connectivity index (χ0v) is 12.8. The van der Waals surface area contributed by atoms with Crippen LogP contribution in [0.2, 0.25) is 0 Å². The molecule has 1 atom stereocenters. The molecule has 0 aliphatic carbocycles. The van der Waals surface area contributed by atoms with E-state index >= 15 is 0 Å². The minimum absolute atomic E-state index is 0.0629. The number of likely N-dealkylation sites (N-methyl/N-ethyl adjacent to an activating group) is 1. The first kappa shape index (κ1) is 14.2. The van der Waals surface area contributed by atoms with Crippen molar-refractivity contribution >= 4 is 11.8 Å². The maximum absolute atomic E-state index is 12.9. The highest BCUT2D eigenvalue weighted by atomic mass is 16.2. The second kappa shape index (κ2) is 5.20. The summed E-state index contributed by atoms with van der Waals surface area (Å²) >= 11 is 0. The van der Waals surface area contributed by atoms with Gasteiger partial charge in [-0.1, -0.05) is 0 Å². The number of carbonyl (C=O) groups excluding carboxylic acids is 2. The highest BCUT2D eigenvalue weighted by molar-refractivity contribution is 5.94. The van der Waals surface area contributed by atoms with Crippen molar-refractivity contribution in [3.05, 3.63) is 24.0 Å². The van der Waals surface area contributed by atoms with Crippen LogP contribution in [-0.2, 0) is 11.8 Å². The second-order valence-electron chi connectivity index (χ2n) is 6.23. The molecule has 2 aliphatic heterocycles. The Bertz CT molecular complexity index is 566. The van der Waals surface area contributed by atoms with Gasteiger partial charge in [0, 0.05) is 32.9 Å². The highest BCUT2D eigenvalue weighted by Gasteiger charge is 2.49. The molecule has 1 spiro atoms. The largest absolute Gasteiger partial charge is 0.347 e. The van der Waals surface area contributed by atoms with Crippen LogP contribution in [0.3, 0.4) is 0 Å². The van der Waals surface area contributed by atoms with Crippen molar-refractivity contribution in [3.63, 3.8) is 0 Å². The van der Waals surface area contributed by atoms with E-state index in [2.05, 4.69) is 0 Å². The molecule has 0 radical (unpaired) electrons. The molecular formula is C16H23N3O2. The van der Waals surface area contributed by atoms with Gasteiger partial charge in [-0.3, -0.25) is 9.59 Å². The number of likely N-dealkylation sites (tertiary alicyclic amines) is 2. The monoisotopic (exact) mass is 289 g/mol. The molecule has 0 aromatic carbocycles. The van der Waals surface area contributed by atoms with Crippen LogP contribution in [0.25, 0.3) is 0 Å². The minimum Gasteiger partial charge on any atom is -0.347 e. The van der Waals surface area contributed by atoms with Crippen molar-refractivity contribution in [2.75, 3.05) is 19.6 Å². The third-order valence-electron chi connectivity index (χ3n) is 4.95. The molecule has 2 saturated heterocycles. The lowest BCUT2D eigenvalue weighted by molar-refractivity contribution is -0.127. The van der Waals surface area contributed by atoms with Crippen LogP contribution >= 0.6 is 0 Å². The number of hydrogen-bond acceptors (Lipinski definition) is 2. The topological polar surface area (TPSA) is 45.5 Å². The fraction of sp³-hybridized carbons (Fsp3) is 0.625. The molecular weight excluding hydrogens is 266 g/mol. The average molecular weight is 289 g/mol. The van der Waals surface area contributed by atoms with Crippen LogP contribution in [0.1, 0.15) is 43.1 Å². The fourth-order valence-electron chi connectivity index (χ4n) is 3.76. The first-order valence-corrected chi connectivity index (χ1v) is 7.78. The molecule has 3 rings (SSSR count). The van der Waals surface area contributed by atoms with Crippen molar-refractivity contribution < 1.29 is 9.59 Å². The summed E-state index contributed by atoms with van der Waals surface area (Å²) in [5.74, 6) is 0.247. The van der Waals surface area contributed by atoms with Gasteiger partial charge >= 0.3 is 0 Å². The molecule has 3 heterocycles. The SMILES string of the molecule is CCN1CC2(CCCCN2C(=O)c2cccn2C)CC1=O. The van der Waals surface area contributed by atoms with Gasteiger partial charge in [0.2, 0.25) is 5.91 Å². The zero-order chi connectivity index (χ0) is 15.0. The molecule has 2 fully saturated rings. The van der Waals surface area contributed by atoms with Crippen LogP contribution in [0, 0.1) is 0 Å². The number of aryl methyl sites for hydroxylation is 1. The average Bonchev–Trinajstić information content (AvgIpc) is 3.03. The summed E-state index contributed by atoms with van der Waals surface area (Å²) in [5, 5.41) is 0. The number of aromatic nitrogens is 1. The van der Waals surface area contributed by atoms with Gasteiger partial charge in [-0.15, -0.1) is 0 Å². The molecule has 5 nitrogen and oxygen atoms in total. The number of carbonyl (C=O) groups is 2. The Morgan fingerprint density at radius 2 is 2.19 bits per heavy atom. The van der Waals surface area contributed by atoms with Gasteiger partial charge in [-0.25, -0.2) is 0 Å². The van der Waals surface area contributed by atoms with Crippen LogP contribution in [0.5, 0.6) is 0 Å². The normalized spacial score (nSPS) is 25.9. The molecule has 21 heavy (non-hydrogen) atoms. The molecule has 1 aromatic heterocycles. The van der Waals surface area contributed by atoms with Gasteiger partial charge in [-0.2, -0.15) is 0 Å². The van der Waals surface area contributed by atoms with E-state index in [9.17, 15) is 9.59 Å². The van der Waals surface area contributed by atoms with Crippen molar-refractivity contribution in [2.45, 2.75) is 38.1 Å². The van der Waals surface area contributed by atoms with E-state index in [-0.39, 0.29) is 17.4 Å². The van der Waals surface area contributed by atoms with Gasteiger partial charge in [0.05, 0.1) is 12.0 Å². The zero-order valence-electron chi connectivity index (χ0n) is 12.8. The summed E-state index contributed by atoms with van der Waals surface area (Å²) in [4.78, 5) is 29.0. The minimum atomic E-state index is -0.285. The Kier molecular flexibility index (Phi) is 3.51. The van der Waals surface area contributed by atoms with Gasteiger partial charge in [-0.05, 0) is 38.3 Å². The number of nitrogens with zero attached hydrogens (tertiary/aromatic N) is 3. The predicted octanol–water partition coefficient (Wildman–Crippen LogP) is 1.64. The first-order chi connectivity index (χ1) is 10.1. The smallest absolute Gasteiger partial charge is 0.271 e. The molecule has 2 aliphatic rings. The van der Waals surface area contributed by atoms with E-state index in [1.54, 1.807) is 0 Å². The third-order valence-corrected chi connectivity index (χ3v) is 4.95. The van der Waals surface area contributed by atoms with Gasteiger partial charge < -0.3 is 14.4 Å². The van der Waals surface area contributed by atoms with E-state index in [4.69, 9.17) is 0 Å². The van der Waals surface area contributed by atoms with E-state index < -0.39 is 0 Å². The Morgan fingerprint density at radius 3 is 2.81 bits per heavy atom. The number of amides is 2. The Labute approximate surface area is 125 Å². The quantitative estimate of drug-likeness (QED) is 0.831. The lowest BCUT2D eigenvalue weighted by atomic mass is 9.85. The maximum atomic E-state index is 12.9. The molecule has 5 heteroatoms. The number of rotatable bonds is 2. The summed E-state index contributed by atoms with van der Waals surface area (Å²) < 4.78 is 1.86. The highest BCUT2D eigenvalue weighted by Crippen LogP contribution is 2.38. The molecule has 1 unspecified atom stereocenters. The van der Waals surface area contributed by atoms with E-state index in [1.165, 1.54) is 0 Å². The lowest BCUT2D eigenvalue weighted by Crippen LogP contribution is -2.56. The van der Waals surface area contributed by atoms with Crippen molar-refractivity contribution in [3.8, 4) is 0 Å². The standard InChI is InChI=1S/C16H23N3O2/c1-3-18-12-16(11-14(18)20)8-4-5-10-19(16)15(21)13-7-6-9-17(13)2/h6-7,9H,3-5,8,10-12H2,1-2H3. The van der Waals surface area contributed by atoms with E-state index in [0.717, 1.165) is 32.4 Å². The molecule has 2 amide bonds. The summed E-state index contributed by atoms with van der Waals surface area (Å²) in [6.45, 7) is 4.18. The molecule has 1 aromatic rings. The lowest BCUT2D eigenvalue weighted by Gasteiger charge is -2.44. The van der Waals surface area contributed by atoms with Crippen molar-refractivity contribution in [2.24, 2.45) is 7.05 Å². The Balaban J connectivity index is 1.91. The van der Waals surface area contributed by atoms with E-state index in [0.29, 0.717) is 18.7 Å². The van der Waals surface area contributed by atoms with Crippen molar-refractivity contribution in [1.82, 2.24) is 14.4 Å². The van der Waals surface area contributed by atoms with Crippen LogP contribution in [0.15, 0.2) is 18.3 Å². The predicted molar refractivity (Wildman–Crippen MR) is 79.9 cm³/mol.